The van der Waals surface area contributed by atoms with Crippen molar-refractivity contribution in [2.45, 2.75) is 44.7 Å². The highest BCUT2D eigenvalue weighted by atomic mass is 19.4. The molecule has 0 unspecified atom stereocenters. The van der Waals surface area contributed by atoms with Crippen LogP contribution in [0.3, 0.4) is 0 Å². The van der Waals surface area contributed by atoms with Crippen LogP contribution < -0.4 is 0 Å². The van der Waals surface area contributed by atoms with Gasteiger partial charge in [-0.15, -0.1) is 0 Å². The van der Waals surface area contributed by atoms with E-state index in [0.29, 0.717) is 5.56 Å². The number of alkyl halides is 3. The Kier molecular flexibility index (Phi) is 5.25. The Bertz CT molecular complexity index is 837. The Morgan fingerprint density at radius 3 is 2.08 bits per heavy atom. The van der Waals surface area contributed by atoms with Gasteiger partial charge >= 0.3 is 6.18 Å². The van der Waals surface area contributed by atoms with Crippen molar-refractivity contribution >= 4 is 11.6 Å². The van der Waals surface area contributed by atoms with Crippen LogP contribution in [0.2, 0.25) is 0 Å². The van der Waals surface area contributed by atoms with Crippen molar-refractivity contribution in [2.75, 3.05) is 0 Å². The lowest BCUT2D eigenvalue weighted by molar-refractivity contribution is -0.137. The normalized spacial score (nSPS) is 14.0. The summed E-state index contributed by atoms with van der Waals surface area (Å²) in [7, 11) is 0. The van der Waals surface area contributed by atoms with Gasteiger partial charge in [0.2, 0.25) is 0 Å². The average Bonchev–Trinajstić information content (AvgIpc) is 2.64. The molecule has 0 fully saturated rings. The predicted molar refractivity (Wildman–Crippen MR) is 92.4 cm³/mol. The maximum atomic E-state index is 12.7. The first-order chi connectivity index (χ1) is 12.3. The Labute approximate surface area is 150 Å². The fraction of sp³-hybridized carbons (Fsp3) is 0.333. The number of hydrogen-bond acceptors (Lipinski definition) is 2. The van der Waals surface area contributed by atoms with Crippen LogP contribution in [-0.2, 0) is 19.0 Å². The Morgan fingerprint density at radius 2 is 1.42 bits per heavy atom. The van der Waals surface area contributed by atoms with Crippen molar-refractivity contribution in [2.24, 2.45) is 0 Å². The molecule has 0 atom stereocenters. The van der Waals surface area contributed by atoms with Gasteiger partial charge in [0.1, 0.15) is 0 Å². The number of fused-ring (bicyclic) bond motifs is 1. The first-order valence-corrected chi connectivity index (χ1v) is 8.70. The van der Waals surface area contributed by atoms with E-state index in [2.05, 4.69) is 0 Å². The number of aryl methyl sites for hydroxylation is 2. The number of rotatable bonds is 5. The molecule has 0 N–H and O–H groups in total. The number of hydrogen-bond donors (Lipinski definition) is 0. The van der Waals surface area contributed by atoms with Gasteiger partial charge in [0.25, 0.3) is 0 Å². The summed E-state index contributed by atoms with van der Waals surface area (Å²) in [5.41, 5.74) is 2.16. The molecule has 136 valence electrons. The van der Waals surface area contributed by atoms with E-state index < -0.39 is 17.5 Å². The zero-order valence-corrected chi connectivity index (χ0v) is 14.2. The molecular weight excluding hydrogens is 341 g/mol. The molecule has 0 aromatic heterocycles. The van der Waals surface area contributed by atoms with Gasteiger partial charge in [0, 0.05) is 24.0 Å². The Balaban J connectivity index is 1.65. The van der Waals surface area contributed by atoms with Gasteiger partial charge in [-0.3, -0.25) is 9.59 Å². The zero-order valence-electron chi connectivity index (χ0n) is 14.2. The third kappa shape index (κ3) is 4.21. The van der Waals surface area contributed by atoms with E-state index in [9.17, 15) is 22.8 Å². The quantitative estimate of drug-likeness (QED) is 0.666. The zero-order chi connectivity index (χ0) is 18.7. The highest BCUT2D eigenvalue weighted by Crippen LogP contribution is 2.30. The molecule has 0 radical (unpaired) electrons. The molecule has 0 saturated heterocycles. The summed E-state index contributed by atoms with van der Waals surface area (Å²) in [6.07, 6.45) is -0.345. The van der Waals surface area contributed by atoms with Gasteiger partial charge < -0.3 is 0 Å². The Hall–Kier alpha value is -2.43. The van der Waals surface area contributed by atoms with Crippen LogP contribution in [-0.4, -0.2) is 11.6 Å². The van der Waals surface area contributed by atoms with Crippen molar-refractivity contribution in [3.63, 3.8) is 0 Å². The molecule has 0 amide bonds. The number of halogens is 3. The third-order valence-corrected chi connectivity index (χ3v) is 4.76. The highest BCUT2D eigenvalue weighted by molar-refractivity contribution is 6.02. The first kappa shape index (κ1) is 18.4. The SMILES string of the molecule is O=C(CCC(=O)c1ccc2c(c1)CCCC2)c1cccc(C(F)(F)F)c1. The van der Waals surface area contributed by atoms with Gasteiger partial charge in [-0.05, 0) is 55.0 Å². The van der Waals surface area contributed by atoms with E-state index in [1.54, 1.807) is 6.07 Å². The monoisotopic (exact) mass is 360 g/mol. The topological polar surface area (TPSA) is 34.1 Å². The van der Waals surface area contributed by atoms with Gasteiger partial charge in [0.05, 0.1) is 5.56 Å². The summed E-state index contributed by atoms with van der Waals surface area (Å²) in [4.78, 5) is 24.5. The van der Waals surface area contributed by atoms with Crippen molar-refractivity contribution in [3.8, 4) is 0 Å². The lowest BCUT2D eigenvalue weighted by Crippen LogP contribution is -2.10. The van der Waals surface area contributed by atoms with Crippen LogP contribution in [0.25, 0.3) is 0 Å². The minimum absolute atomic E-state index is 0.00609. The number of ketones is 2. The van der Waals surface area contributed by atoms with Crippen LogP contribution in [0.4, 0.5) is 13.2 Å². The lowest BCUT2D eigenvalue weighted by Gasteiger charge is -2.16. The molecule has 1 aliphatic carbocycles. The van der Waals surface area contributed by atoms with E-state index >= 15 is 0 Å². The molecule has 0 heterocycles. The predicted octanol–water partition coefficient (Wildman–Crippen LogP) is 5.43. The molecule has 5 heteroatoms. The molecule has 0 bridgehead atoms. The van der Waals surface area contributed by atoms with Crippen molar-refractivity contribution in [1.29, 1.82) is 0 Å². The lowest BCUT2D eigenvalue weighted by atomic mass is 9.89. The van der Waals surface area contributed by atoms with Crippen LogP contribution >= 0.6 is 0 Å². The molecular formula is C21H19F3O2. The van der Waals surface area contributed by atoms with E-state index in [0.717, 1.165) is 37.8 Å². The standard InChI is InChI=1S/C21H19F3O2/c22-21(23,24)18-7-3-6-16(13-18)19(25)10-11-20(26)17-9-8-14-4-1-2-5-15(14)12-17/h3,6-9,12-13H,1-2,4-5,10-11H2. The summed E-state index contributed by atoms with van der Waals surface area (Å²) in [5, 5.41) is 0. The van der Waals surface area contributed by atoms with Crippen LogP contribution in [0, 0.1) is 0 Å². The maximum Gasteiger partial charge on any atom is 0.416 e. The molecule has 2 aromatic rings. The molecule has 26 heavy (non-hydrogen) atoms. The molecule has 3 rings (SSSR count). The van der Waals surface area contributed by atoms with Crippen LogP contribution in [0.5, 0.6) is 0 Å². The van der Waals surface area contributed by atoms with Gasteiger partial charge in [-0.1, -0.05) is 24.3 Å². The molecule has 0 aliphatic heterocycles. The number of carbonyl (C=O) groups excluding carboxylic acids is 2. The average molecular weight is 360 g/mol. The highest BCUT2D eigenvalue weighted by Gasteiger charge is 2.30. The van der Waals surface area contributed by atoms with E-state index in [1.165, 1.54) is 23.3 Å². The molecule has 0 saturated carbocycles. The van der Waals surface area contributed by atoms with Gasteiger partial charge in [-0.2, -0.15) is 13.2 Å². The first-order valence-electron chi connectivity index (χ1n) is 8.70. The largest absolute Gasteiger partial charge is 0.416 e. The van der Waals surface area contributed by atoms with Gasteiger partial charge in [-0.25, -0.2) is 0 Å². The summed E-state index contributed by atoms with van der Waals surface area (Å²) >= 11 is 0. The fourth-order valence-corrected chi connectivity index (χ4v) is 3.29. The summed E-state index contributed by atoms with van der Waals surface area (Å²) in [6.45, 7) is 0. The summed E-state index contributed by atoms with van der Waals surface area (Å²) < 4.78 is 38.2. The smallest absolute Gasteiger partial charge is 0.294 e. The van der Waals surface area contributed by atoms with Crippen LogP contribution in [0.1, 0.15) is 63.1 Å². The summed E-state index contributed by atoms with van der Waals surface area (Å²) in [6, 6.07) is 9.96. The molecule has 2 aromatic carbocycles. The van der Waals surface area contributed by atoms with E-state index in [4.69, 9.17) is 0 Å². The van der Waals surface area contributed by atoms with Gasteiger partial charge in [0.15, 0.2) is 11.6 Å². The number of carbonyl (C=O) groups is 2. The second-order valence-electron chi connectivity index (χ2n) is 6.62. The molecule has 0 spiro atoms. The minimum Gasteiger partial charge on any atom is -0.294 e. The number of Topliss-reactive ketones (excluding diaryl/α,β-unsaturated/α-hetero) is 2. The number of benzene rings is 2. The minimum atomic E-state index is -4.49. The van der Waals surface area contributed by atoms with Crippen molar-refractivity contribution < 1.29 is 22.8 Å². The van der Waals surface area contributed by atoms with Crippen molar-refractivity contribution in [3.05, 3.63) is 70.3 Å². The Morgan fingerprint density at radius 1 is 0.808 bits per heavy atom. The molecule has 2 nitrogen and oxygen atoms in total. The maximum absolute atomic E-state index is 12.7. The second kappa shape index (κ2) is 7.44. The third-order valence-electron chi connectivity index (χ3n) is 4.76. The van der Waals surface area contributed by atoms with Crippen molar-refractivity contribution in [1.82, 2.24) is 0 Å². The second-order valence-corrected chi connectivity index (χ2v) is 6.62. The fourth-order valence-electron chi connectivity index (χ4n) is 3.29. The summed E-state index contributed by atoms with van der Waals surface area (Å²) in [5.74, 6) is -0.610. The molecule has 1 aliphatic rings. The van der Waals surface area contributed by atoms with E-state index in [-0.39, 0.29) is 24.2 Å². The van der Waals surface area contributed by atoms with E-state index in [1.807, 2.05) is 12.1 Å². The van der Waals surface area contributed by atoms with Crippen LogP contribution in [0.15, 0.2) is 42.5 Å².